The van der Waals surface area contributed by atoms with Gasteiger partial charge in [0.25, 0.3) is 0 Å². The van der Waals surface area contributed by atoms with Crippen LogP contribution >= 0.6 is 0 Å². The molecule has 1 N–H and O–H groups in total. The molecule has 5 aromatic rings. The molecule has 6 rings (SSSR count). The van der Waals surface area contributed by atoms with Crippen LogP contribution in [-0.4, -0.2) is 5.71 Å². The second-order valence-corrected chi connectivity index (χ2v) is 8.97. The van der Waals surface area contributed by atoms with E-state index in [1.165, 1.54) is 33.0 Å². The van der Waals surface area contributed by atoms with Crippen molar-refractivity contribution in [2.45, 2.75) is 13.1 Å². The molecule has 0 saturated carbocycles. The number of nitrogens with zero attached hydrogens (tertiary/aromatic N) is 1. The van der Waals surface area contributed by atoms with Crippen molar-refractivity contribution in [3.05, 3.63) is 150 Å². The Balaban J connectivity index is 1.50. The highest BCUT2D eigenvalue weighted by molar-refractivity contribution is 6.14. The van der Waals surface area contributed by atoms with E-state index in [1.54, 1.807) is 0 Å². The second kappa shape index (κ2) is 9.08. The number of aryl methyl sites for hydroxylation is 1. The van der Waals surface area contributed by atoms with Gasteiger partial charge in [-0.25, -0.2) is 0 Å². The molecule has 35 heavy (non-hydrogen) atoms. The second-order valence-electron chi connectivity index (χ2n) is 8.97. The Morgan fingerprint density at radius 2 is 1.17 bits per heavy atom. The largest absolute Gasteiger partial charge is 0.359 e. The maximum atomic E-state index is 5.08. The molecule has 168 valence electrons. The lowest BCUT2D eigenvalue weighted by molar-refractivity contribution is 0.664. The first-order valence-electron chi connectivity index (χ1n) is 12.0. The highest BCUT2D eigenvalue weighted by Crippen LogP contribution is 2.35. The summed E-state index contributed by atoms with van der Waals surface area (Å²) in [5.41, 5.74) is 9.26. The SMILES string of the molecule is Cc1ccc(-c2ccc(C3=CC(c4ccccc4)=NC(c4ccccc4)N3)c3ccccc23)cc1. The first kappa shape index (κ1) is 21.1. The van der Waals surface area contributed by atoms with Gasteiger partial charge < -0.3 is 5.32 Å². The Labute approximate surface area is 206 Å². The van der Waals surface area contributed by atoms with E-state index in [4.69, 9.17) is 4.99 Å². The van der Waals surface area contributed by atoms with Crippen molar-refractivity contribution in [1.82, 2.24) is 5.32 Å². The third-order valence-corrected chi connectivity index (χ3v) is 6.60. The van der Waals surface area contributed by atoms with E-state index in [9.17, 15) is 0 Å². The standard InChI is InChI=1S/C33H26N2/c1-23-16-18-24(19-17-23)27-20-21-30(29-15-9-8-14-28(27)29)32-22-31(25-10-4-2-5-11-25)34-33(35-32)26-12-6-3-7-13-26/h2-22,33,35H,1H3. The Morgan fingerprint density at radius 1 is 0.571 bits per heavy atom. The molecule has 2 heteroatoms. The van der Waals surface area contributed by atoms with Crippen LogP contribution in [0.15, 0.2) is 132 Å². The lowest BCUT2D eigenvalue weighted by atomic mass is 9.92. The molecular weight excluding hydrogens is 424 g/mol. The fourth-order valence-corrected chi connectivity index (χ4v) is 4.77. The van der Waals surface area contributed by atoms with Gasteiger partial charge in [0.2, 0.25) is 0 Å². The van der Waals surface area contributed by atoms with E-state index in [0.29, 0.717) is 0 Å². The van der Waals surface area contributed by atoms with Gasteiger partial charge in [0.15, 0.2) is 0 Å². The molecule has 0 saturated heterocycles. The summed E-state index contributed by atoms with van der Waals surface area (Å²) in [5.74, 6) is 0. The van der Waals surface area contributed by atoms with Crippen LogP contribution in [-0.2, 0) is 0 Å². The highest BCUT2D eigenvalue weighted by Gasteiger charge is 2.21. The minimum absolute atomic E-state index is 0.151. The van der Waals surface area contributed by atoms with Gasteiger partial charge in [-0.1, -0.05) is 127 Å². The summed E-state index contributed by atoms with van der Waals surface area (Å²) >= 11 is 0. The van der Waals surface area contributed by atoms with Crippen LogP contribution in [0.3, 0.4) is 0 Å². The normalized spacial score (nSPS) is 15.3. The van der Waals surface area contributed by atoms with Crippen molar-refractivity contribution in [3.63, 3.8) is 0 Å². The van der Waals surface area contributed by atoms with E-state index in [1.807, 2.05) is 12.1 Å². The summed E-state index contributed by atoms with van der Waals surface area (Å²) in [6.07, 6.45) is 2.03. The van der Waals surface area contributed by atoms with Crippen LogP contribution in [0.25, 0.3) is 27.6 Å². The predicted molar refractivity (Wildman–Crippen MR) is 147 cm³/mol. The van der Waals surface area contributed by atoms with Gasteiger partial charge in [-0.05, 0) is 46.0 Å². The minimum Gasteiger partial charge on any atom is -0.359 e. The lowest BCUT2D eigenvalue weighted by Gasteiger charge is -2.26. The number of hydrogen-bond acceptors (Lipinski definition) is 2. The van der Waals surface area contributed by atoms with Crippen LogP contribution in [0.2, 0.25) is 0 Å². The number of fused-ring (bicyclic) bond motifs is 1. The Bertz CT molecular complexity index is 1550. The van der Waals surface area contributed by atoms with Crippen molar-refractivity contribution >= 4 is 22.2 Å². The van der Waals surface area contributed by atoms with E-state index in [2.05, 4.69) is 128 Å². The predicted octanol–water partition coefficient (Wildman–Crippen LogP) is 7.95. The molecule has 0 aliphatic carbocycles. The molecule has 1 aliphatic heterocycles. The van der Waals surface area contributed by atoms with Gasteiger partial charge in [0, 0.05) is 11.3 Å². The molecule has 1 aliphatic rings. The smallest absolute Gasteiger partial charge is 0.145 e. The van der Waals surface area contributed by atoms with Crippen LogP contribution < -0.4 is 5.32 Å². The molecule has 5 aromatic carbocycles. The third kappa shape index (κ3) is 4.15. The summed E-state index contributed by atoms with van der Waals surface area (Å²) in [7, 11) is 0. The van der Waals surface area contributed by atoms with Gasteiger partial charge in [0.05, 0.1) is 5.71 Å². The molecule has 0 aromatic heterocycles. The average molecular weight is 451 g/mol. The molecular formula is C33H26N2. The van der Waals surface area contributed by atoms with Crippen LogP contribution in [0.1, 0.15) is 28.4 Å². The zero-order valence-corrected chi connectivity index (χ0v) is 19.6. The van der Waals surface area contributed by atoms with Gasteiger partial charge in [-0.2, -0.15) is 0 Å². The molecule has 1 atom stereocenters. The van der Waals surface area contributed by atoms with Gasteiger partial charge in [-0.15, -0.1) is 0 Å². The third-order valence-electron chi connectivity index (χ3n) is 6.60. The number of hydrogen-bond donors (Lipinski definition) is 1. The molecule has 0 amide bonds. The van der Waals surface area contributed by atoms with Gasteiger partial charge in [0.1, 0.15) is 6.17 Å². The van der Waals surface area contributed by atoms with Crippen molar-refractivity contribution in [2.75, 3.05) is 0 Å². The van der Waals surface area contributed by atoms with Crippen LogP contribution in [0, 0.1) is 6.92 Å². The minimum atomic E-state index is -0.151. The Hall–Kier alpha value is -4.43. The molecule has 2 nitrogen and oxygen atoms in total. The van der Waals surface area contributed by atoms with Crippen LogP contribution in [0.5, 0.6) is 0 Å². The van der Waals surface area contributed by atoms with Gasteiger partial charge >= 0.3 is 0 Å². The number of benzene rings is 5. The zero-order chi connectivity index (χ0) is 23.6. The summed E-state index contributed by atoms with van der Waals surface area (Å²) in [4.78, 5) is 5.08. The highest BCUT2D eigenvalue weighted by atomic mass is 15.1. The number of allylic oxidation sites excluding steroid dienone is 1. The fraction of sp³-hybridized carbons (Fsp3) is 0.0606. The molecule has 1 unspecified atom stereocenters. The Morgan fingerprint density at radius 3 is 1.89 bits per heavy atom. The van der Waals surface area contributed by atoms with Crippen molar-refractivity contribution < 1.29 is 0 Å². The van der Waals surface area contributed by atoms with Gasteiger partial charge in [-0.3, -0.25) is 4.99 Å². The summed E-state index contributed by atoms with van der Waals surface area (Å²) in [6.45, 7) is 2.13. The maximum absolute atomic E-state index is 5.08. The quantitative estimate of drug-likeness (QED) is 0.295. The van der Waals surface area contributed by atoms with E-state index < -0.39 is 0 Å². The number of nitrogens with one attached hydrogen (secondary N) is 1. The lowest BCUT2D eigenvalue weighted by Crippen LogP contribution is -2.25. The van der Waals surface area contributed by atoms with E-state index >= 15 is 0 Å². The van der Waals surface area contributed by atoms with Crippen molar-refractivity contribution in [1.29, 1.82) is 0 Å². The average Bonchev–Trinajstić information content (AvgIpc) is 2.94. The first-order chi connectivity index (χ1) is 17.3. The molecule has 0 radical (unpaired) electrons. The molecule has 0 fully saturated rings. The summed E-state index contributed by atoms with van der Waals surface area (Å²) < 4.78 is 0. The monoisotopic (exact) mass is 450 g/mol. The molecule has 0 bridgehead atoms. The van der Waals surface area contributed by atoms with Crippen molar-refractivity contribution in [2.24, 2.45) is 4.99 Å². The van der Waals surface area contributed by atoms with E-state index in [0.717, 1.165) is 22.5 Å². The van der Waals surface area contributed by atoms with E-state index in [-0.39, 0.29) is 6.17 Å². The maximum Gasteiger partial charge on any atom is 0.145 e. The fourth-order valence-electron chi connectivity index (χ4n) is 4.77. The number of rotatable bonds is 4. The summed E-state index contributed by atoms with van der Waals surface area (Å²) in [5, 5.41) is 6.19. The number of aliphatic imine (C=N–C) groups is 1. The molecule has 0 spiro atoms. The van der Waals surface area contributed by atoms with Crippen LogP contribution in [0.4, 0.5) is 0 Å². The summed E-state index contributed by atoms with van der Waals surface area (Å²) in [6, 6.07) is 42.8. The zero-order valence-electron chi connectivity index (χ0n) is 19.6. The molecule has 1 heterocycles. The first-order valence-corrected chi connectivity index (χ1v) is 12.0. The topological polar surface area (TPSA) is 24.4 Å². The Kier molecular flexibility index (Phi) is 5.48. The van der Waals surface area contributed by atoms with Crippen molar-refractivity contribution in [3.8, 4) is 11.1 Å².